The Labute approximate surface area is 85.8 Å². The minimum Gasteiger partial charge on any atom is -0.381 e. The molecule has 2 atom stereocenters. The molecule has 1 spiro atoms. The van der Waals surface area contributed by atoms with Crippen molar-refractivity contribution < 1.29 is 4.74 Å². The second kappa shape index (κ2) is 3.13. The zero-order valence-corrected chi connectivity index (χ0v) is 9.36. The van der Waals surface area contributed by atoms with Gasteiger partial charge in [-0.3, -0.25) is 0 Å². The molecule has 0 aromatic rings. The van der Waals surface area contributed by atoms with Crippen molar-refractivity contribution in [2.75, 3.05) is 19.1 Å². The van der Waals surface area contributed by atoms with Crippen molar-refractivity contribution in [3.05, 3.63) is 0 Å². The van der Waals surface area contributed by atoms with E-state index in [9.17, 15) is 0 Å². The normalized spacial score (nSPS) is 43.2. The predicted octanol–water partition coefficient (Wildman–Crippen LogP) is 3.07. The molecule has 1 saturated heterocycles. The van der Waals surface area contributed by atoms with Crippen LogP contribution < -0.4 is 0 Å². The summed E-state index contributed by atoms with van der Waals surface area (Å²) in [5.74, 6) is 1.55. The van der Waals surface area contributed by atoms with E-state index in [4.69, 9.17) is 16.3 Å². The fourth-order valence-electron chi connectivity index (χ4n) is 3.37. The van der Waals surface area contributed by atoms with Crippen LogP contribution in [0.4, 0.5) is 0 Å². The first-order valence-electron chi connectivity index (χ1n) is 5.29. The van der Waals surface area contributed by atoms with Gasteiger partial charge in [0.2, 0.25) is 0 Å². The largest absolute Gasteiger partial charge is 0.381 e. The Morgan fingerprint density at radius 3 is 2.69 bits per heavy atom. The molecule has 0 bridgehead atoms. The number of halogens is 1. The smallest absolute Gasteiger partial charge is 0.0471 e. The molecule has 1 nitrogen and oxygen atoms in total. The van der Waals surface area contributed by atoms with Crippen LogP contribution >= 0.6 is 11.6 Å². The summed E-state index contributed by atoms with van der Waals surface area (Å²) in [6.45, 7) is 6.63. The molecule has 2 unspecified atom stereocenters. The van der Waals surface area contributed by atoms with E-state index in [-0.39, 0.29) is 0 Å². The summed E-state index contributed by atoms with van der Waals surface area (Å²) in [6, 6.07) is 0. The number of hydrogen-bond acceptors (Lipinski definition) is 1. The number of ether oxygens (including phenoxy) is 1. The van der Waals surface area contributed by atoms with Gasteiger partial charge in [0.05, 0.1) is 0 Å². The van der Waals surface area contributed by atoms with Gasteiger partial charge in [0.15, 0.2) is 0 Å². The van der Waals surface area contributed by atoms with Crippen molar-refractivity contribution >= 4 is 11.6 Å². The van der Waals surface area contributed by atoms with Gasteiger partial charge in [-0.05, 0) is 36.0 Å². The highest BCUT2D eigenvalue weighted by atomic mass is 35.5. The standard InChI is InChI=1S/C11H19ClO/c1-10(2)9(8-12)11(10)4-3-6-13-7-5-11/h9H,3-8H2,1-2H3. The maximum Gasteiger partial charge on any atom is 0.0471 e. The van der Waals surface area contributed by atoms with Crippen molar-refractivity contribution in [3.63, 3.8) is 0 Å². The maximum absolute atomic E-state index is 6.02. The van der Waals surface area contributed by atoms with Gasteiger partial charge in [-0.1, -0.05) is 13.8 Å². The SMILES string of the molecule is CC1(C)C(CCl)C12CCCOCC2. The summed E-state index contributed by atoms with van der Waals surface area (Å²) in [5, 5.41) is 0. The van der Waals surface area contributed by atoms with Crippen LogP contribution in [0.2, 0.25) is 0 Å². The van der Waals surface area contributed by atoms with Crippen molar-refractivity contribution in [1.29, 1.82) is 0 Å². The molecule has 13 heavy (non-hydrogen) atoms. The third-order valence-corrected chi connectivity index (χ3v) is 4.81. The predicted molar refractivity (Wildman–Crippen MR) is 55.1 cm³/mol. The van der Waals surface area contributed by atoms with Crippen molar-refractivity contribution in [3.8, 4) is 0 Å². The number of hydrogen-bond donors (Lipinski definition) is 0. The summed E-state index contributed by atoms with van der Waals surface area (Å²) >= 11 is 6.02. The van der Waals surface area contributed by atoms with Crippen LogP contribution in [-0.2, 0) is 4.74 Å². The van der Waals surface area contributed by atoms with Crippen molar-refractivity contribution in [1.82, 2.24) is 0 Å². The molecule has 0 radical (unpaired) electrons. The fraction of sp³-hybridized carbons (Fsp3) is 1.00. The zero-order chi connectivity index (χ0) is 9.53. The average molecular weight is 203 g/mol. The van der Waals surface area contributed by atoms with E-state index in [1.54, 1.807) is 0 Å². The van der Waals surface area contributed by atoms with Gasteiger partial charge in [-0.2, -0.15) is 0 Å². The fourth-order valence-corrected chi connectivity index (χ4v) is 4.05. The average Bonchev–Trinajstić information content (AvgIpc) is 2.66. The molecule has 1 aliphatic carbocycles. The van der Waals surface area contributed by atoms with Gasteiger partial charge in [-0.25, -0.2) is 0 Å². The van der Waals surface area contributed by atoms with E-state index in [1.807, 2.05) is 0 Å². The highest BCUT2D eigenvalue weighted by Crippen LogP contribution is 2.73. The molecule has 2 heteroatoms. The molecule has 1 heterocycles. The summed E-state index contributed by atoms with van der Waals surface area (Å²) in [6.07, 6.45) is 3.76. The molecule has 0 amide bonds. The summed E-state index contributed by atoms with van der Waals surface area (Å²) < 4.78 is 5.51. The monoisotopic (exact) mass is 202 g/mol. The third-order valence-electron chi connectivity index (χ3n) is 4.50. The molecule has 1 saturated carbocycles. The molecule has 2 aliphatic rings. The number of rotatable bonds is 1. The van der Waals surface area contributed by atoms with Crippen molar-refractivity contribution in [2.45, 2.75) is 33.1 Å². The topological polar surface area (TPSA) is 9.23 Å². The van der Waals surface area contributed by atoms with Crippen LogP contribution in [0.15, 0.2) is 0 Å². The molecule has 1 aliphatic heterocycles. The summed E-state index contributed by atoms with van der Waals surface area (Å²) in [4.78, 5) is 0. The third kappa shape index (κ3) is 1.24. The number of alkyl halides is 1. The van der Waals surface area contributed by atoms with E-state index in [2.05, 4.69) is 13.8 Å². The second-order valence-electron chi connectivity index (χ2n) is 5.05. The first-order chi connectivity index (χ1) is 6.15. The van der Waals surface area contributed by atoms with Crippen molar-refractivity contribution in [2.24, 2.45) is 16.7 Å². The molecule has 0 aromatic carbocycles. The van der Waals surface area contributed by atoms with Crippen LogP contribution in [-0.4, -0.2) is 19.1 Å². The first kappa shape index (κ1) is 9.79. The zero-order valence-electron chi connectivity index (χ0n) is 8.61. The molecule has 2 fully saturated rings. The quantitative estimate of drug-likeness (QED) is 0.594. The van der Waals surface area contributed by atoms with Crippen LogP contribution in [0.3, 0.4) is 0 Å². The van der Waals surface area contributed by atoms with Crippen LogP contribution in [0.1, 0.15) is 33.1 Å². The highest BCUT2D eigenvalue weighted by molar-refractivity contribution is 6.18. The molecule has 2 rings (SSSR count). The Kier molecular flexibility index (Phi) is 2.36. The van der Waals surface area contributed by atoms with E-state index in [0.717, 1.165) is 25.0 Å². The Hall–Kier alpha value is 0.250. The molecule has 0 N–H and O–H groups in total. The molecular formula is C11H19ClO. The summed E-state index contributed by atoms with van der Waals surface area (Å²) in [7, 11) is 0. The van der Waals surface area contributed by atoms with Gasteiger partial charge in [0, 0.05) is 19.1 Å². The lowest BCUT2D eigenvalue weighted by Crippen LogP contribution is -2.09. The molecular weight excluding hydrogens is 184 g/mol. The summed E-state index contributed by atoms with van der Waals surface area (Å²) in [5.41, 5.74) is 0.980. The van der Waals surface area contributed by atoms with E-state index in [0.29, 0.717) is 10.8 Å². The minimum atomic E-state index is 0.461. The van der Waals surface area contributed by atoms with E-state index >= 15 is 0 Å². The van der Waals surface area contributed by atoms with E-state index in [1.165, 1.54) is 19.3 Å². The lowest BCUT2D eigenvalue weighted by molar-refractivity contribution is 0.138. The highest BCUT2D eigenvalue weighted by Gasteiger charge is 2.68. The van der Waals surface area contributed by atoms with Gasteiger partial charge in [-0.15, -0.1) is 11.6 Å². The van der Waals surface area contributed by atoms with Gasteiger partial charge < -0.3 is 4.74 Å². The Bertz CT molecular complexity index is 192. The van der Waals surface area contributed by atoms with E-state index < -0.39 is 0 Å². The van der Waals surface area contributed by atoms with Crippen LogP contribution in [0.25, 0.3) is 0 Å². The second-order valence-corrected chi connectivity index (χ2v) is 5.36. The molecule has 0 aromatic heterocycles. The minimum absolute atomic E-state index is 0.461. The maximum atomic E-state index is 6.02. The Morgan fingerprint density at radius 1 is 1.31 bits per heavy atom. The lowest BCUT2D eigenvalue weighted by Gasteiger charge is -2.16. The first-order valence-corrected chi connectivity index (χ1v) is 5.82. The lowest BCUT2D eigenvalue weighted by atomic mass is 9.88. The van der Waals surface area contributed by atoms with Gasteiger partial charge in [0.25, 0.3) is 0 Å². The van der Waals surface area contributed by atoms with Crippen LogP contribution in [0.5, 0.6) is 0 Å². The van der Waals surface area contributed by atoms with Crippen LogP contribution in [0, 0.1) is 16.7 Å². The van der Waals surface area contributed by atoms with Gasteiger partial charge >= 0.3 is 0 Å². The molecule has 76 valence electrons. The Balaban J connectivity index is 2.12. The Morgan fingerprint density at radius 2 is 2.08 bits per heavy atom. The van der Waals surface area contributed by atoms with Gasteiger partial charge in [0.1, 0.15) is 0 Å².